The second kappa shape index (κ2) is 8.52. The Morgan fingerprint density at radius 3 is 2.42 bits per heavy atom. The van der Waals surface area contributed by atoms with Crippen molar-refractivity contribution >= 4 is 12.1 Å². The molecule has 24 heavy (non-hydrogen) atoms. The van der Waals surface area contributed by atoms with E-state index in [1.165, 1.54) is 20.4 Å². The number of carbonyl (C=O) groups excluding carboxylic acids is 1. The molecule has 1 N–H and O–H groups in total. The monoisotopic (exact) mass is 330 g/mol. The van der Waals surface area contributed by atoms with Crippen molar-refractivity contribution in [1.29, 1.82) is 0 Å². The van der Waals surface area contributed by atoms with Crippen LogP contribution in [0, 0.1) is 0 Å². The van der Waals surface area contributed by atoms with Crippen LogP contribution in [0.5, 0.6) is 17.2 Å². The standard InChI is InChI=1S/C17H19N3O4/c1-22-14-8-7-13(16(23-2)17(14)24-3)11-18-19-15(21)12-20-9-5-4-6-10-20/h4-11H,12H2,1-3H3/p+1. The highest BCUT2D eigenvalue weighted by atomic mass is 16.5. The topological polar surface area (TPSA) is 73.0 Å². The van der Waals surface area contributed by atoms with Crippen molar-refractivity contribution in [2.45, 2.75) is 6.54 Å². The van der Waals surface area contributed by atoms with E-state index in [4.69, 9.17) is 14.2 Å². The second-order valence-electron chi connectivity index (χ2n) is 4.76. The molecule has 0 spiro atoms. The molecule has 1 heterocycles. The lowest BCUT2D eigenvalue weighted by molar-refractivity contribution is -0.684. The molecule has 7 nitrogen and oxygen atoms in total. The van der Waals surface area contributed by atoms with Crippen LogP contribution in [0.15, 0.2) is 47.8 Å². The van der Waals surface area contributed by atoms with Gasteiger partial charge in [0.1, 0.15) is 0 Å². The zero-order valence-electron chi connectivity index (χ0n) is 13.9. The number of rotatable bonds is 7. The number of amides is 1. The summed E-state index contributed by atoms with van der Waals surface area (Å²) in [5.41, 5.74) is 3.13. The lowest BCUT2D eigenvalue weighted by Crippen LogP contribution is -2.40. The molecule has 1 aromatic carbocycles. The maximum Gasteiger partial charge on any atom is 0.305 e. The first-order valence-corrected chi connectivity index (χ1v) is 7.24. The van der Waals surface area contributed by atoms with Crippen LogP contribution in [0.4, 0.5) is 0 Å². The summed E-state index contributed by atoms with van der Waals surface area (Å²) in [4.78, 5) is 11.9. The number of ether oxygens (including phenoxy) is 3. The Hall–Kier alpha value is -3.09. The lowest BCUT2D eigenvalue weighted by atomic mass is 10.2. The molecule has 0 atom stereocenters. The summed E-state index contributed by atoms with van der Waals surface area (Å²) >= 11 is 0. The first-order valence-electron chi connectivity index (χ1n) is 7.24. The molecule has 0 radical (unpaired) electrons. The number of hydrogen-bond acceptors (Lipinski definition) is 5. The second-order valence-corrected chi connectivity index (χ2v) is 4.76. The largest absolute Gasteiger partial charge is 0.493 e. The van der Waals surface area contributed by atoms with Crippen LogP contribution in [-0.4, -0.2) is 33.5 Å². The number of benzene rings is 1. The molecule has 0 fully saturated rings. The minimum Gasteiger partial charge on any atom is -0.493 e. The average Bonchev–Trinajstić information content (AvgIpc) is 2.61. The number of nitrogens with one attached hydrogen (secondary N) is 1. The van der Waals surface area contributed by atoms with E-state index in [9.17, 15) is 4.79 Å². The fraction of sp³-hybridized carbons (Fsp3) is 0.235. The predicted octanol–water partition coefficient (Wildman–Crippen LogP) is 1.15. The average molecular weight is 330 g/mol. The van der Waals surface area contributed by atoms with Gasteiger partial charge in [-0.3, -0.25) is 4.79 Å². The van der Waals surface area contributed by atoms with Gasteiger partial charge in [-0.15, -0.1) is 0 Å². The zero-order valence-corrected chi connectivity index (χ0v) is 13.9. The molecule has 0 bridgehead atoms. The Morgan fingerprint density at radius 1 is 1.08 bits per heavy atom. The van der Waals surface area contributed by atoms with Gasteiger partial charge in [0.05, 0.1) is 27.5 Å². The number of carbonyl (C=O) groups is 1. The number of hydrazone groups is 1. The van der Waals surface area contributed by atoms with Crippen molar-refractivity contribution in [3.63, 3.8) is 0 Å². The summed E-state index contributed by atoms with van der Waals surface area (Å²) in [5, 5.41) is 3.96. The van der Waals surface area contributed by atoms with Crippen LogP contribution in [-0.2, 0) is 11.3 Å². The van der Waals surface area contributed by atoms with E-state index in [2.05, 4.69) is 10.5 Å². The van der Waals surface area contributed by atoms with Gasteiger partial charge >= 0.3 is 5.91 Å². The lowest BCUT2D eigenvalue weighted by Gasteiger charge is -2.13. The van der Waals surface area contributed by atoms with Crippen LogP contribution in [0.1, 0.15) is 5.56 Å². The van der Waals surface area contributed by atoms with E-state index in [0.29, 0.717) is 22.8 Å². The van der Waals surface area contributed by atoms with E-state index >= 15 is 0 Å². The molecule has 0 unspecified atom stereocenters. The molecule has 0 aliphatic carbocycles. The summed E-state index contributed by atoms with van der Waals surface area (Å²) in [6.07, 6.45) is 5.11. The zero-order chi connectivity index (χ0) is 17.4. The van der Waals surface area contributed by atoms with E-state index in [1.54, 1.807) is 36.2 Å². The van der Waals surface area contributed by atoms with Crippen molar-refractivity contribution in [2.24, 2.45) is 5.10 Å². The third-order valence-electron chi connectivity index (χ3n) is 3.23. The fourth-order valence-corrected chi connectivity index (χ4v) is 2.14. The Balaban J connectivity index is 2.07. The molecule has 1 aromatic heterocycles. The third kappa shape index (κ3) is 4.22. The summed E-state index contributed by atoms with van der Waals surface area (Å²) in [6, 6.07) is 9.10. The van der Waals surface area contributed by atoms with Crippen LogP contribution < -0.4 is 24.2 Å². The predicted molar refractivity (Wildman–Crippen MR) is 88.5 cm³/mol. The number of hydrogen-bond donors (Lipinski definition) is 1. The molecular formula is C17H20N3O4+. The number of aromatic nitrogens is 1. The number of nitrogens with zero attached hydrogens (tertiary/aromatic N) is 2. The Bertz CT molecular complexity index is 717. The highest BCUT2D eigenvalue weighted by Crippen LogP contribution is 2.38. The van der Waals surface area contributed by atoms with E-state index in [1.807, 2.05) is 18.2 Å². The van der Waals surface area contributed by atoms with Crippen molar-refractivity contribution in [2.75, 3.05) is 21.3 Å². The molecule has 0 saturated heterocycles. The summed E-state index contributed by atoms with van der Waals surface area (Å²) < 4.78 is 17.6. The first kappa shape index (κ1) is 17.3. The maximum absolute atomic E-state index is 11.9. The van der Waals surface area contributed by atoms with Gasteiger partial charge in [0, 0.05) is 17.7 Å². The highest BCUT2D eigenvalue weighted by molar-refractivity contribution is 5.87. The van der Waals surface area contributed by atoms with Crippen LogP contribution in [0.3, 0.4) is 0 Å². The smallest absolute Gasteiger partial charge is 0.305 e. The Kier molecular flexibility index (Phi) is 6.13. The van der Waals surface area contributed by atoms with E-state index < -0.39 is 0 Å². The van der Waals surface area contributed by atoms with E-state index in [0.717, 1.165) is 0 Å². The first-order chi connectivity index (χ1) is 11.7. The van der Waals surface area contributed by atoms with Crippen LogP contribution in [0.2, 0.25) is 0 Å². The quantitative estimate of drug-likeness (QED) is 0.470. The Morgan fingerprint density at radius 2 is 1.79 bits per heavy atom. The minimum absolute atomic E-state index is 0.182. The van der Waals surface area contributed by atoms with Gasteiger partial charge in [-0.05, 0) is 12.1 Å². The molecule has 2 aromatic rings. The third-order valence-corrected chi connectivity index (χ3v) is 3.23. The van der Waals surface area contributed by atoms with E-state index in [-0.39, 0.29) is 12.5 Å². The molecule has 2 rings (SSSR count). The summed E-state index contributed by atoms with van der Waals surface area (Å²) in [5.74, 6) is 1.26. The van der Waals surface area contributed by atoms with Gasteiger partial charge in [0.15, 0.2) is 23.9 Å². The number of pyridine rings is 1. The fourth-order valence-electron chi connectivity index (χ4n) is 2.14. The summed E-state index contributed by atoms with van der Waals surface area (Å²) in [7, 11) is 4.60. The van der Waals surface area contributed by atoms with Crippen LogP contribution >= 0.6 is 0 Å². The van der Waals surface area contributed by atoms with Gasteiger partial charge in [0.2, 0.25) is 12.3 Å². The molecule has 1 amide bonds. The minimum atomic E-state index is -0.234. The van der Waals surface area contributed by atoms with Crippen molar-refractivity contribution in [3.05, 3.63) is 48.3 Å². The number of methoxy groups -OCH3 is 3. The normalized spacial score (nSPS) is 10.5. The molecule has 0 saturated carbocycles. The summed E-state index contributed by atoms with van der Waals surface area (Å²) in [6.45, 7) is 0.182. The van der Waals surface area contributed by atoms with Crippen molar-refractivity contribution in [3.8, 4) is 17.2 Å². The molecule has 0 aliphatic rings. The van der Waals surface area contributed by atoms with Gasteiger partial charge in [-0.1, -0.05) is 6.07 Å². The van der Waals surface area contributed by atoms with Gasteiger partial charge in [-0.25, -0.2) is 5.43 Å². The van der Waals surface area contributed by atoms with Crippen molar-refractivity contribution in [1.82, 2.24) is 5.43 Å². The molecular weight excluding hydrogens is 310 g/mol. The van der Waals surface area contributed by atoms with Gasteiger partial charge in [-0.2, -0.15) is 9.67 Å². The van der Waals surface area contributed by atoms with Gasteiger partial charge < -0.3 is 14.2 Å². The van der Waals surface area contributed by atoms with Gasteiger partial charge in [0.25, 0.3) is 0 Å². The highest BCUT2D eigenvalue weighted by Gasteiger charge is 2.14. The Labute approximate surface area is 140 Å². The van der Waals surface area contributed by atoms with Crippen molar-refractivity contribution < 1.29 is 23.6 Å². The molecule has 0 aliphatic heterocycles. The SMILES string of the molecule is COc1ccc(C=NNC(=O)C[n+]2ccccc2)c(OC)c1OC. The molecule has 126 valence electrons. The maximum atomic E-state index is 11.9. The molecule has 7 heteroatoms. The van der Waals surface area contributed by atoms with Crippen LogP contribution in [0.25, 0.3) is 0 Å².